The lowest BCUT2D eigenvalue weighted by atomic mass is 9.79. The van der Waals surface area contributed by atoms with E-state index in [1.165, 1.54) is 6.33 Å². The highest BCUT2D eigenvalue weighted by Gasteiger charge is 2.39. The molecular weight excluding hydrogens is 592 g/mol. The van der Waals surface area contributed by atoms with Crippen LogP contribution >= 0.6 is 0 Å². The molecule has 45 heavy (non-hydrogen) atoms. The Kier molecular flexibility index (Phi) is 12.8. The Morgan fingerprint density at radius 2 is 1.60 bits per heavy atom. The summed E-state index contributed by atoms with van der Waals surface area (Å²) in [5.41, 5.74) is 0.793. The van der Waals surface area contributed by atoms with Crippen LogP contribution in [0.25, 0.3) is 0 Å². The number of sulfone groups is 1. The zero-order valence-electron chi connectivity index (χ0n) is 27.8. The number of benzene rings is 1. The minimum absolute atomic E-state index is 0.0791. The number of aromatic nitrogens is 2. The average Bonchev–Trinajstić information content (AvgIpc) is 3.48. The van der Waals surface area contributed by atoms with E-state index in [1.807, 2.05) is 51.1 Å². The fourth-order valence-corrected chi connectivity index (χ4v) is 7.14. The molecule has 0 radical (unpaired) electrons. The molecule has 5 atom stereocenters. The Labute approximate surface area is 269 Å². The SMILES string of the molecule is CC(C)(C)[C@H](O)[C@H](O)[C@H](CC1CCCCC1)NC(=O)C(Cc1cnc[nH]1)NC(=O)[C@H](Cc1ccccc1)CS(=O)(=O)C(C)(C)C. The van der Waals surface area contributed by atoms with Crippen LogP contribution < -0.4 is 10.6 Å². The zero-order chi connectivity index (χ0) is 33.4. The first-order chi connectivity index (χ1) is 21.0. The minimum Gasteiger partial charge on any atom is -0.390 e. The summed E-state index contributed by atoms with van der Waals surface area (Å²) in [4.78, 5) is 34.9. The highest BCUT2D eigenvalue weighted by molar-refractivity contribution is 7.92. The topological polar surface area (TPSA) is 161 Å². The van der Waals surface area contributed by atoms with E-state index in [0.717, 1.165) is 37.7 Å². The second-order valence-electron chi connectivity index (χ2n) is 14.8. The van der Waals surface area contributed by atoms with Crippen LogP contribution in [0.3, 0.4) is 0 Å². The number of amides is 2. The van der Waals surface area contributed by atoms with E-state index in [0.29, 0.717) is 18.0 Å². The predicted molar refractivity (Wildman–Crippen MR) is 176 cm³/mol. The molecule has 2 aromatic rings. The summed E-state index contributed by atoms with van der Waals surface area (Å²) in [5, 5.41) is 28.2. The van der Waals surface area contributed by atoms with Gasteiger partial charge in [0.15, 0.2) is 9.84 Å². The molecule has 10 nitrogen and oxygen atoms in total. The van der Waals surface area contributed by atoms with Gasteiger partial charge in [0.2, 0.25) is 11.8 Å². The standard InChI is InChI=1S/C34H54N4O6S/c1-33(2,3)30(40)29(39)27(18-24-15-11-8-12-16-24)37-32(42)28(19-26-20-35-22-36-26)38-31(41)25(17-23-13-9-7-10-14-23)21-45(43,44)34(4,5)6/h7,9-10,13-14,20,22,24-25,27-30,39-40H,8,11-12,15-19,21H2,1-6H3,(H,35,36)(H,37,42)(H,38,41)/t25-,27+,28?,29-,30-/m1/s1. The summed E-state index contributed by atoms with van der Waals surface area (Å²) in [6.07, 6.45) is 6.81. The van der Waals surface area contributed by atoms with Gasteiger partial charge in [-0.1, -0.05) is 83.2 Å². The molecule has 1 fully saturated rings. The van der Waals surface area contributed by atoms with Gasteiger partial charge in [0.1, 0.15) is 12.1 Å². The minimum atomic E-state index is -3.68. The third-order valence-corrected chi connectivity index (χ3v) is 11.6. The molecule has 2 amide bonds. The van der Waals surface area contributed by atoms with Crippen LogP contribution in [-0.4, -0.2) is 75.2 Å². The molecule has 5 N–H and O–H groups in total. The number of carbonyl (C=O) groups excluding carboxylic acids is 2. The van der Waals surface area contributed by atoms with E-state index in [1.54, 1.807) is 27.0 Å². The molecule has 1 aliphatic carbocycles. The zero-order valence-corrected chi connectivity index (χ0v) is 28.6. The molecule has 0 saturated heterocycles. The molecule has 0 aliphatic heterocycles. The first-order valence-corrected chi connectivity index (χ1v) is 17.8. The van der Waals surface area contributed by atoms with Crippen LogP contribution in [0, 0.1) is 17.3 Å². The van der Waals surface area contributed by atoms with Crippen molar-refractivity contribution >= 4 is 21.7 Å². The van der Waals surface area contributed by atoms with Gasteiger partial charge in [0.05, 0.1) is 34.9 Å². The van der Waals surface area contributed by atoms with Crippen molar-refractivity contribution in [2.45, 2.75) is 122 Å². The maximum Gasteiger partial charge on any atom is 0.243 e. The Morgan fingerprint density at radius 3 is 2.16 bits per heavy atom. The number of hydrogen-bond acceptors (Lipinski definition) is 7. The van der Waals surface area contributed by atoms with Crippen LogP contribution in [0.15, 0.2) is 42.9 Å². The van der Waals surface area contributed by atoms with Crippen molar-refractivity contribution in [3.05, 3.63) is 54.1 Å². The van der Waals surface area contributed by atoms with Crippen molar-refractivity contribution < 1.29 is 28.2 Å². The number of nitrogens with zero attached hydrogens (tertiary/aromatic N) is 1. The van der Waals surface area contributed by atoms with Crippen LogP contribution in [0.5, 0.6) is 0 Å². The molecule has 0 spiro atoms. The molecule has 1 aromatic heterocycles. The van der Waals surface area contributed by atoms with Crippen molar-refractivity contribution in [1.29, 1.82) is 0 Å². The van der Waals surface area contributed by atoms with Crippen LogP contribution in [0.2, 0.25) is 0 Å². The summed E-state index contributed by atoms with van der Waals surface area (Å²) >= 11 is 0. The van der Waals surface area contributed by atoms with Crippen LogP contribution in [0.1, 0.15) is 91.3 Å². The van der Waals surface area contributed by atoms with Gasteiger partial charge in [0, 0.05) is 18.3 Å². The fraction of sp³-hybridized carbons (Fsp3) is 0.676. The van der Waals surface area contributed by atoms with Gasteiger partial charge in [-0.15, -0.1) is 0 Å². The van der Waals surface area contributed by atoms with E-state index in [2.05, 4.69) is 20.6 Å². The first kappa shape index (κ1) is 36.7. The summed E-state index contributed by atoms with van der Waals surface area (Å²) in [6.45, 7) is 10.3. The number of hydrogen-bond donors (Lipinski definition) is 5. The summed E-state index contributed by atoms with van der Waals surface area (Å²) in [7, 11) is -3.68. The number of carbonyl (C=O) groups is 2. The van der Waals surface area contributed by atoms with Crippen molar-refractivity contribution in [3.63, 3.8) is 0 Å². The molecular formula is C34H54N4O6S. The van der Waals surface area contributed by atoms with Crippen LogP contribution in [0.4, 0.5) is 0 Å². The highest BCUT2D eigenvalue weighted by Crippen LogP contribution is 2.31. The first-order valence-electron chi connectivity index (χ1n) is 16.2. The Bertz CT molecular complexity index is 1310. The molecule has 0 bridgehead atoms. The molecule has 1 aromatic carbocycles. The highest BCUT2D eigenvalue weighted by atomic mass is 32.2. The van der Waals surface area contributed by atoms with Gasteiger partial charge in [-0.3, -0.25) is 9.59 Å². The lowest BCUT2D eigenvalue weighted by molar-refractivity contribution is -0.132. The Morgan fingerprint density at radius 1 is 0.956 bits per heavy atom. The number of nitrogens with one attached hydrogen (secondary N) is 3. The molecule has 1 saturated carbocycles. The molecule has 1 unspecified atom stereocenters. The Balaban J connectivity index is 1.89. The summed E-state index contributed by atoms with van der Waals surface area (Å²) in [5.74, 6) is -2.10. The lowest BCUT2D eigenvalue weighted by Crippen LogP contribution is -2.58. The van der Waals surface area contributed by atoms with Gasteiger partial charge in [-0.25, -0.2) is 13.4 Å². The van der Waals surface area contributed by atoms with Crippen molar-refractivity contribution in [1.82, 2.24) is 20.6 Å². The largest absolute Gasteiger partial charge is 0.390 e. The average molecular weight is 647 g/mol. The van der Waals surface area contributed by atoms with Crippen LogP contribution in [-0.2, 0) is 32.3 Å². The van der Waals surface area contributed by atoms with Crippen molar-refractivity contribution in [3.8, 4) is 0 Å². The van der Waals surface area contributed by atoms with Gasteiger partial charge in [-0.05, 0) is 50.5 Å². The van der Waals surface area contributed by atoms with Gasteiger partial charge >= 0.3 is 0 Å². The quantitative estimate of drug-likeness (QED) is 0.209. The smallest absolute Gasteiger partial charge is 0.243 e. The number of H-pyrrole nitrogens is 1. The number of imidazole rings is 1. The van der Waals surface area contributed by atoms with E-state index < -0.39 is 62.0 Å². The molecule has 3 rings (SSSR count). The van der Waals surface area contributed by atoms with Gasteiger partial charge in [0.25, 0.3) is 0 Å². The monoisotopic (exact) mass is 646 g/mol. The van der Waals surface area contributed by atoms with Gasteiger partial charge in [-0.2, -0.15) is 0 Å². The summed E-state index contributed by atoms with van der Waals surface area (Å²) < 4.78 is 25.5. The van der Waals surface area contributed by atoms with Crippen molar-refractivity contribution in [2.24, 2.45) is 17.3 Å². The van der Waals surface area contributed by atoms with E-state index in [4.69, 9.17) is 0 Å². The molecule has 11 heteroatoms. The predicted octanol–water partition coefficient (Wildman–Crippen LogP) is 3.73. The molecule has 252 valence electrons. The number of rotatable bonds is 14. The second-order valence-corrected chi connectivity index (χ2v) is 17.6. The normalized spacial score (nSPS) is 18.4. The maximum absolute atomic E-state index is 14.0. The Hall–Kier alpha value is -2.76. The fourth-order valence-electron chi connectivity index (χ4n) is 5.84. The molecule has 1 aliphatic rings. The van der Waals surface area contributed by atoms with Crippen molar-refractivity contribution in [2.75, 3.05) is 5.75 Å². The third kappa shape index (κ3) is 10.9. The third-order valence-electron chi connectivity index (χ3n) is 8.92. The lowest BCUT2D eigenvalue weighted by Gasteiger charge is -2.37. The number of aromatic amines is 1. The number of aliphatic hydroxyl groups is 2. The molecule has 1 heterocycles. The summed E-state index contributed by atoms with van der Waals surface area (Å²) in [6, 6.07) is 7.39. The second kappa shape index (κ2) is 15.7. The number of aliphatic hydroxyl groups excluding tert-OH is 2. The van der Waals surface area contributed by atoms with E-state index >= 15 is 0 Å². The van der Waals surface area contributed by atoms with E-state index in [-0.39, 0.29) is 18.6 Å². The van der Waals surface area contributed by atoms with Gasteiger partial charge < -0.3 is 25.8 Å². The van der Waals surface area contributed by atoms with E-state index in [9.17, 15) is 28.2 Å². The maximum atomic E-state index is 14.0.